The summed E-state index contributed by atoms with van der Waals surface area (Å²) in [6.07, 6.45) is 6.95. The Bertz CT molecular complexity index is 2620. The molecule has 252 valence electrons. The molecule has 0 radical (unpaired) electrons. The van der Waals surface area contributed by atoms with Crippen LogP contribution >= 0.6 is 0 Å². The minimum absolute atomic E-state index is 0.0187. The van der Waals surface area contributed by atoms with Gasteiger partial charge in [-0.3, -0.25) is 0 Å². The first-order valence-corrected chi connectivity index (χ1v) is 19.0. The first-order valence-electron chi connectivity index (χ1n) is 19.0. The van der Waals surface area contributed by atoms with Crippen LogP contribution in [-0.2, 0) is 10.8 Å². The van der Waals surface area contributed by atoms with Crippen LogP contribution in [-0.4, -0.2) is 0 Å². The highest BCUT2D eigenvalue weighted by Gasteiger charge is 2.51. The number of anilines is 3. The van der Waals surface area contributed by atoms with Crippen LogP contribution in [0.1, 0.15) is 60.1 Å². The first kappa shape index (κ1) is 30.4. The van der Waals surface area contributed by atoms with Gasteiger partial charge in [-0.1, -0.05) is 159 Å². The Morgan fingerprint density at radius 1 is 0.434 bits per heavy atom. The lowest BCUT2D eigenvalue weighted by Crippen LogP contribution is -2.26. The lowest BCUT2D eigenvalue weighted by Gasteiger charge is -2.32. The molecule has 0 saturated heterocycles. The van der Waals surface area contributed by atoms with Crippen molar-refractivity contribution in [2.24, 2.45) is 0 Å². The quantitative estimate of drug-likeness (QED) is 0.179. The molecule has 0 saturated carbocycles. The normalized spacial score (nSPS) is 16.1. The summed E-state index contributed by atoms with van der Waals surface area (Å²) in [5.41, 5.74) is 22.1. The second-order valence-electron chi connectivity index (χ2n) is 15.6. The Morgan fingerprint density at radius 3 is 1.55 bits per heavy atom. The molecule has 0 unspecified atom stereocenters. The molecule has 53 heavy (non-hydrogen) atoms. The summed E-state index contributed by atoms with van der Waals surface area (Å²) in [5.74, 6) is 0. The van der Waals surface area contributed by atoms with Crippen molar-refractivity contribution in [1.82, 2.24) is 0 Å². The van der Waals surface area contributed by atoms with Gasteiger partial charge in [0.2, 0.25) is 0 Å². The van der Waals surface area contributed by atoms with E-state index >= 15 is 0 Å². The summed E-state index contributed by atoms with van der Waals surface area (Å²) in [5, 5.41) is 0. The van der Waals surface area contributed by atoms with Gasteiger partial charge in [-0.2, -0.15) is 0 Å². The number of nitrogens with zero attached hydrogens (tertiary/aromatic N) is 1. The van der Waals surface area contributed by atoms with Crippen LogP contribution in [0.2, 0.25) is 0 Å². The average molecular weight is 678 g/mol. The topological polar surface area (TPSA) is 3.24 Å². The van der Waals surface area contributed by atoms with E-state index in [9.17, 15) is 0 Å². The highest BCUT2D eigenvalue weighted by atomic mass is 15.1. The summed E-state index contributed by atoms with van der Waals surface area (Å²) in [6.45, 7) is 4.84. The summed E-state index contributed by atoms with van der Waals surface area (Å²) >= 11 is 0. The third kappa shape index (κ3) is 4.14. The fourth-order valence-electron chi connectivity index (χ4n) is 10.3. The van der Waals surface area contributed by atoms with Crippen molar-refractivity contribution in [3.05, 3.63) is 215 Å². The van der Waals surface area contributed by atoms with Crippen LogP contribution < -0.4 is 4.90 Å². The molecule has 0 atom stereocenters. The monoisotopic (exact) mass is 677 g/mol. The number of allylic oxidation sites excluding steroid dienone is 4. The van der Waals surface area contributed by atoms with Crippen LogP contribution in [0.25, 0.3) is 39.0 Å². The summed E-state index contributed by atoms with van der Waals surface area (Å²) in [7, 11) is 0. The molecular formula is C52H39N. The summed E-state index contributed by atoms with van der Waals surface area (Å²) in [6, 6.07) is 61.5. The zero-order chi connectivity index (χ0) is 35.3. The Labute approximate surface area is 312 Å². The van der Waals surface area contributed by atoms with E-state index in [2.05, 4.69) is 195 Å². The predicted molar refractivity (Wildman–Crippen MR) is 221 cm³/mol. The fraction of sp³-hybridized carbons (Fsp3) is 0.115. The number of hydrogen-bond donors (Lipinski definition) is 0. The maximum atomic E-state index is 2.50. The molecule has 0 fully saturated rings. The molecule has 1 heteroatoms. The third-order valence-corrected chi connectivity index (χ3v) is 12.6. The molecule has 1 nitrogen and oxygen atoms in total. The second-order valence-corrected chi connectivity index (χ2v) is 15.6. The molecule has 0 aromatic heterocycles. The average Bonchev–Trinajstić information content (AvgIpc) is 3.77. The Balaban J connectivity index is 1.14. The Morgan fingerprint density at radius 2 is 0.925 bits per heavy atom. The van der Waals surface area contributed by atoms with Crippen LogP contribution in [0, 0.1) is 0 Å². The molecule has 7 aromatic rings. The van der Waals surface area contributed by atoms with Crippen molar-refractivity contribution in [3.63, 3.8) is 0 Å². The maximum absolute atomic E-state index is 2.50. The number of benzene rings is 7. The maximum Gasteiger partial charge on any atom is 0.0726 e. The Hall–Kier alpha value is -6.18. The number of hydrogen-bond acceptors (Lipinski definition) is 1. The number of fused-ring (bicyclic) bond motifs is 12. The smallest absolute Gasteiger partial charge is 0.0726 e. The molecule has 4 aliphatic rings. The van der Waals surface area contributed by atoms with Gasteiger partial charge in [0, 0.05) is 22.5 Å². The summed E-state index contributed by atoms with van der Waals surface area (Å²) in [4.78, 5) is 2.49. The van der Waals surface area contributed by atoms with Crippen molar-refractivity contribution < 1.29 is 0 Å². The van der Waals surface area contributed by atoms with Crippen molar-refractivity contribution >= 4 is 22.6 Å². The molecule has 0 heterocycles. The van der Waals surface area contributed by atoms with Crippen LogP contribution in [0.3, 0.4) is 0 Å². The molecule has 0 bridgehead atoms. The van der Waals surface area contributed by atoms with Gasteiger partial charge in [0.15, 0.2) is 0 Å². The van der Waals surface area contributed by atoms with E-state index in [-0.39, 0.29) is 5.41 Å². The van der Waals surface area contributed by atoms with E-state index < -0.39 is 5.41 Å². The lowest BCUT2D eigenvalue weighted by atomic mass is 9.70. The zero-order valence-corrected chi connectivity index (χ0v) is 30.1. The van der Waals surface area contributed by atoms with E-state index in [1.165, 1.54) is 83.7 Å². The molecule has 7 aromatic carbocycles. The van der Waals surface area contributed by atoms with Crippen molar-refractivity contribution in [2.45, 2.75) is 37.5 Å². The zero-order valence-electron chi connectivity index (χ0n) is 30.1. The SMILES string of the molecule is CC1(C)C2=C(C=CCC2)c2ccc(N(c3ccc(-c4ccccc4)cc3)c3ccc4c(c3)C3(c5ccccc5-c5ccccc53)c3ccccc3-4)cc21. The standard InChI is InChI=1S/C52H39N/c1-51(2)45-20-10-6-16-39(45)43-30-28-37(32-49(43)51)53(36-26-24-35(25-27-36)34-14-4-3-5-15-34)38-29-31-44-42-19-9-13-23-48(42)52(50(44)33-38)46-21-11-7-17-40(46)41-18-8-12-22-47(41)52/h3-9,11-19,21-33H,10,20H2,1-2H3. The Kier molecular flexibility index (Phi) is 6.41. The predicted octanol–water partition coefficient (Wildman–Crippen LogP) is 13.6. The molecule has 11 rings (SSSR count). The minimum atomic E-state index is -0.396. The van der Waals surface area contributed by atoms with Gasteiger partial charge in [0.25, 0.3) is 0 Å². The van der Waals surface area contributed by atoms with E-state index in [1.54, 1.807) is 5.57 Å². The van der Waals surface area contributed by atoms with Crippen molar-refractivity contribution in [1.29, 1.82) is 0 Å². The van der Waals surface area contributed by atoms with E-state index in [0.29, 0.717) is 0 Å². The van der Waals surface area contributed by atoms with Crippen molar-refractivity contribution in [3.8, 4) is 33.4 Å². The summed E-state index contributed by atoms with van der Waals surface area (Å²) < 4.78 is 0. The third-order valence-electron chi connectivity index (χ3n) is 12.6. The highest BCUT2D eigenvalue weighted by molar-refractivity contribution is 5.97. The van der Waals surface area contributed by atoms with Crippen LogP contribution in [0.15, 0.2) is 182 Å². The van der Waals surface area contributed by atoms with E-state index in [1.807, 2.05) is 0 Å². The van der Waals surface area contributed by atoms with Gasteiger partial charge in [-0.25, -0.2) is 0 Å². The first-order chi connectivity index (χ1) is 26.0. The van der Waals surface area contributed by atoms with Crippen LogP contribution in [0.5, 0.6) is 0 Å². The van der Waals surface area contributed by atoms with Gasteiger partial charge < -0.3 is 4.90 Å². The molecule has 4 aliphatic carbocycles. The van der Waals surface area contributed by atoms with Gasteiger partial charge in [-0.05, 0) is 122 Å². The molecular weight excluding hydrogens is 639 g/mol. The number of rotatable bonds is 4. The van der Waals surface area contributed by atoms with Crippen LogP contribution in [0.4, 0.5) is 17.1 Å². The molecule has 1 spiro atoms. The van der Waals surface area contributed by atoms with Gasteiger partial charge in [0.1, 0.15) is 0 Å². The minimum Gasteiger partial charge on any atom is -0.310 e. The van der Waals surface area contributed by atoms with Crippen molar-refractivity contribution in [2.75, 3.05) is 4.90 Å². The fourth-order valence-corrected chi connectivity index (χ4v) is 10.3. The molecule has 0 N–H and O–H groups in total. The van der Waals surface area contributed by atoms with Gasteiger partial charge in [0.05, 0.1) is 5.41 Å². The van der Waals surface area contributed by atoms with Gasteiger partial charge >= 0.3 is 0 Å². The largest absolute Gasteiger partial charge is 0.310 e. The van der Waals surface area contributed by atoms with Gasteiger partial charge in [-0.15, -0.1) is 0 Å². The highest BCUT2D eigenvalue weighted by Crippen LogP contribution is 2.63. The molecule has 0 aliphatic heterocycles. The second kappa shape index (κ2) is 11.2. The molecule has 0 amide bonds. The lowest BCUT2D eigenvalue weighted by molar-refractivity contribution is 0.607. The van der Waals surface area contributed by atoms with E-state index in [4.69, 9.17) is 0 Å². The van der Waals surface area contributed by atoms with E-state index in [0.717, 1.165) is 18.5 Å².